The minimum atomic E-state index is -3.67. The second kappa shape index (κ2) is 8.93. The molecule has 0 amide bonds. The zero-order valence-electron chi connectivity index (χ0n) is 14.7. The van der Waals surface area contributed by atoms with Crippen LogP contribution in [0.1, 0.15) is 22.8 Å². The van der Waals surface area contributed by atoms with E-state index in [0.29, 0.717) is 15.8 Å². The number of halogens is 1. The lowest BCUT2D eigenvalue weighted by Gasteiger charge is -2.14. The first kappa shape index (κ1) is 20.8. The van der Waals surface area contributed by atoms with Crippen molar-refractivity contribution in [3.63, 3.8) is 0 Å². The van der Waals surface area contributed by atoms with Gasteiger partial charge in [0.05, 0.1) is 16.1 Å². The largest absolute Gasteiger partial charge is 0.481 e. The van der Waals surface area contributed by atoms with Crippen LogP contribution in [0.2, 0.25) is 0 Å². The summed E-state index contributed by atoms with van der Waals surface area (Å²) < 4.78 is 31.1. The van der Waals surface area contributed by atoms with Crippen LogP contribution in [0.4, 0.5) is 5.69 Å². The first-order chi connectivity index (χ1) is 12.7. The fourth-order valence-electron chi connectivity index (χ4n) is 2.33. The summed E-state index contributed by atoms with van der Waals surface area (Å²) in [5, 5.41) is 12.1. The maximum atomic E-state index is 12.6. The van der Waals surface area contributed by atoms with E-state index < -0.39 is 21.7 Å². The Kier molecular flexibility index (Phi) is 6.88. The Labute approximate surface area is 166 Å². The van der Waals surface area contributed by atoms with E-state index in [2.05, 4.69) is 33.1 Å². The van der Waals surface area contributed by atoms with E-state index in [1.165, 1.54) is 18.2 Å². The molecular weight excluding hydrogens is 434 g/mol. The number of benzene rings is 2. The van der Waals surface area contributed by atoms with Crippen LogP contribution in [0.5, 0.6) is 5.75 Å². The van der Waals surface area contributed by atoms with Gasteiger partial charge in [-0.1, -0.05) is 21.9 Å². The molecule has 0 spiro atoms. The van der Waals surface area contributed by atoms with E-state index in [1.54, 1.807) is 32.0 Å². The second-order valence-corrected chi connectivity index (χ2v) is 8.48. The highest BCUT2D eigenvalue weighted by atomic mass is 79.9. The van der Waals surface area contributed by atoms with E-state index >= 15 is 0 Å². The van der Waals surface area contributed by atoms with Crippen LogP contribution in [0, 0.1) is 18.8 Å². The molecule has 0 saturated heterocycles. The molecular formula is C19H18BrNO5S. The summed E-state index contributed by atoms with van der Waals surface area (Å²) in [6.45, 7) is 3.64. The van der Waals surface area contributed by atoms with Gasteiger partial charge in [-0.15, -0.1) is 5.92 Å². The van der Waals surface area contributed by atoms with Gasteiger partial charge in [-0.3, -0.25) is 0 Å². The first-order valence-corrected chi connectivity index (χ1v) is 10.3. The number of carbonyl (C=O) groups is 1. The molecule has 2 aromatic carbocycles. The van der Waals surface area contributed by atoms with Crippen molar-refractivity contribution in [1.29, 1.82) is 0 Å². The van der Waals surface area contributed by atoms with Gasteiger partial charge >= 0.3 is 5.97 Å². The average molecular weight is 452 g/mol. The van der Waals surface area contributed by atoms with Gasteiger partial charge in [0.1, 0.15) is 18.2 Å². The molecule has 0 aliphatic heterocycles. The Hall–Kier alpha value is -2.50. The maximum Gasteiger partial charge on any atom is 0.337 e. The molecule has 0 aromatic heterocycles. The Morgan fingerprint density at radius 1 is 1.26 bits per heavy atom. The van der Waals surface area contributed by atoms with Crippen molar-refractivity contribution in [2.45, 2.75) is 18.7 Å². The van der Waals surface area contributed by atoms with Crippen LogP contribution in [0.15, 0.2) is 45.8 Å². The first-order valence-electron chi connectivity index (χ1n) is 7.87. The molecule has 6 nitrogen and oxygen atoms in total. The quantitative estimate of drug-likeness (QED) is 0.623. The van der Waals surface area contributed by atoms with Gasteiger partial charge in [-0.25, -0.2) is 13.2 Å². The number of sulfone groups is 1. The van der Waals surface area contributed by atoms with Crippen LogP contribution < -0.4 is 10.1 Å². The fraction of sp³-hybridized carbons (Fsp3) is 0.211. The van der Waals surface area contributed by atoms with Crippen LogP contribution >= 0.6 is 15.9 Å². The van der Waals surface area contributed by atoms with Gasteiger partial charge in [0.15, 0.2) is 9.84 Å². The molecule has 142 valence electrons. The van der Waals surface area contributed by atoms with Crippen molar-refractivity contribution in [3.8, 4) is 17.6 Å². The topological polar surface area (TPSA) is 92.7 Å². The molecule has 0 radical (unpaired) electrons. The highest BCUT2D eigenvalue weighted by Gasteiger charge is 2.18. The van der Waals surface area contributed by atoms with E-state index in [4.69, 9.17) is 4.74 Å². The molecule has 0 fully saturated rings. The fourth-order valence-corrected chi connectivity index (χ4v) is 3.96. The Balaban J connectivity index is 2.18. The molecule has 2 rings (SSSR count). The van der Waals surface area contributed by atoms with Gasteiger partial charge in [0.25, 0.3) is 0 Å². The third-order valence-corrected chi connectivity index (χ3v) is 5.61. The zero-order chi connectivity index (χ0) is 20.0. The minimum absolute atomic E-state index is 0.00198. The summed E-state index contributed by atoms with van der Waals surface area (Å²) in [5.41, 5.74) is 0.892. The van der Waals surface area contributed by atoms with E-state index in [9.17, 15) is 18.3 Å². The summed E-state index contributed by atoms with van der Waals surface area (Å²) in [7, 11) is -3.67. The number of hydrogen-bond acceptors (Lipinski definition) is 5. The number of ether oxygens (including phenoxy) is 1. The highest BCUT2D eigenvalue weighted by Crippen LogP contribution is 2.27. The lowest BCUT2D eigenvalue weighted by Crippen LogP contribution is -2.17. The third kappa shape index (κ3) is 5.49. The lowest BCUT2D eigenvalue weighted by molar-refractivity contribution is 0.0697. The summed E-state index contributed by atoms with van der Waals surface area (Å²) in [5.74, 6) is 4.39. The number of nitrogens with one attached hydrogen (secondary N) is 1. The van der Waals surface area contributed by atoms with Crippen molar-refractivity contribution in [2.75, 3.05) is 17.8 Å². The SMILES string of the molecule is CC#CCOc1ccc(S(=O)(=O)CNc2c(C)cc(Br)cc2C(=O)O)cc1. The zero-order valence-corrected chi connectivity index (χ0v) is 17.1. The Morgan fingerprint density at radius 2 is 1.93 bits per heavy atom. The van der Waals surface area contributed by atoms with Crippen molar-refractivity contribution < 1.29 is 23.1 Å². The normalized spacial score (nSPS) is 10.6. The predicted octanol–water partition coefficient (Wildman–Crippen LogP) is 3.70. The number of aromatic carboxylic acids is 1. The number of hydrogen-bond donors (Lipinski definition) is 2. The summed E-state index contributed by atoms with van der Waals surface area (Å²) >= 11 is 3.24. The van der Waals surface area contributed by atoms with Crippen molar-refractivity contribution in [2.24, 2.45) is 0 Å². The van der Waals surface area contributed by atoms with Gasteiger partial charge in [-0.2, -0.15) is 0 Å². The van der Waals surface area contributed by atoms with Crippen LogP contribution in [0.25, 0.3) is 0 Å². The smallest absolute Gasteiger partial charge is 0.337 e. The van der Waals surface area contributed by atoms with E-state index in [1.807, 2.05) is 0 Å². The van der Waals surface area contributed by atoms with Crippen molar-refractivity contribution in [1.82, 2.24) is 0 Å². The second-order valence-electron chi connectivity index (χ2n) is 5.57. The van der Waals surface area contributed by atoms with Gasteiger partial charge in [0, 0.05) is 4.47 Å². The predicted molar refractivity (Wildman–Crippen MR) is 107 cm³/mol. The molecule has 8 heteroatoms. The summed E-state index contributed by atoms with van der Waals surface area (Å²) in [6, 6.07) is 9.13. The van der Waals surface area contributed by atoms with Gasteiger partial charge < -0.3 is 15.2 Å². The highest BCUT2D eigenvalue weighted by molar-refractivity contribution is 9.10. The molecule has 27 heavy (non-hydrogen) atoms. The number of carboxylic acid groups (broad SMARTS) is 1. The van der Waals surface area contributed by atoms with Crippen LogP contribution in [-0.4, -0.2) is 32.0 Å². The summed E-state index contributed by atoms with van der Waals surface area (Å²) in [4.78, 5) is 11.5. The maximum absolute atomic E-state index is 12.6. The molecule has 0 bridgehead atoms. The molecule has 0 saturated carbocycles. The van der Waals surface area contributed by atoms with E-state index in [-0.39, 0.29) is 22.8 Å². The molecule has 0 aliphatic carbocycles. The van der Waals surface area contributed by atoms with Crippen LogP contribution in [-0.2, 0) is 9.84 Å². The molecule has 0 unspecified atom stereocenters. The van der Waals surface area contributed by atoms with Crippen molar-refractivity contribution >= 4 is 37.4 Å². The molecule has 0 atom stereocenters. The Bertz CT molecular complexity index is 1000. The average Bonchev–Trinajstić information content (AvgIpc) is 2.61. The number of anilines is 1. The number of carboxylic acids is 1. The number of aryl methyl sites for hydroxylation is 1. The van der Waals surface area contributed by atoms with Gasteiger partial charge in [-0.05, 0) is 55.8 Å². The summed E-state index contributed by atoms with van der Waals surface area (Å²) in [6.07, 6.45) is 0. The van der Waals surface area contributed by atoms with E-state index in [0.717, 1.165) is 0 Å². The molecule has 2 aromatic rings. The third-order valence-electron chi connectivity index (χ3n) is 3.64. The molecule has 0 aliphatic rings. The molecule has 0 heterocycles. The standard InChI is InChI=1S/C19H18BrNO5S/c1-3-4-9-26-15-5-7-16(8-6-15)27(24,25)12-21-18-13(2)10-14(20)11-17(18)19(22)23/h5-8,10-11,21H,9,12H2,1-2H3,(H,22,23). The van der Waals surface area contributed by atoms with Crippen molar-refractivity contribution in [3.05, 3.63) is 52.0 Å². The molecule has 2 N–H and O–H groups in total. The monoisotopic (exact) mass is 451 g/mol. The number of rotatable bonds is 7. The Morgan fingerprint density at radius 3 is 2.52 bits per heavy atom. The minimum Gasteiger partial charge on any atom is -0.481 e. The lowest BCUT2D eigenvalue weighted by atomic mass is 10.1. The van der Waals surface area contributed by atoms with Gasteiger partial charge in [0.2, 0.25) is 0 Å². The van der Waals surface area contributed by atoms with Crippen LogP contribution in [0.3, 0.4) is 0 Å².